The molecule has 3 aliphatic rings. The Morgan fingerprint density at radius 2 is 1.55 bits per heavy atom. The lowest BCUT2D eigenvalue weighted by Crippen LogP contribution is -2.53. The second-order valence-corrected chi connectivity index (χ2v) is 9.22. The standard InChI is InChI=1S/C19H27N3O2.2C2HF3O2/c1-13-4-3-5-16(20-13)19(23)22-9-8-18(24-2)15-11-21(12-17(15)22)10-14-6-7-14;2*3-2(4,5)1(6)7/h3-5,14-15,17-18H,6-12H2,1-2H3;2*(H,6,7)/t15-,17+,18-;;/m0../s1. The fourth-order valence-corrected chi connectivity index (χ4v) is 4.40. The Balaban J connectivity index is 0.000000301. The number of carbonyl (C=O) groups is 3. The third-order valence-corrected chi connectivity index (χ3v) is 6.31. The highest BCUT2D eigenvalue weighted by molar-refractivity contribution is 5.92. The molecule has 0 aromatic carbocycles. The zero-order chi connectivity index (χ0) is 28.8. The van der Waals surface area contributed by atoms with Crippen LogP contribution in [0.2, 0.25) is 0 Å². The molecule has 1 aromatic heterocycles. The lowest BCUT2D eigenvalue weighted by molar-refractivity contribution is -0.193. The van der Waals surface area contributed by atoms with Gasteiger partial charge in [-0.25, -0.2) is 14.6 Å². The van der Waals surface area contributed by atoms with Gasteiger partial charge in [-0.1, -0.05) is 6.07 Å². The van der Waals surface area contributed by atoms with Crippen molar-refractivity contribution < 1.29 is 55.7 Å². The Hall–Kier alpha value is -2.94. The van der Waals surface area contributed by atoms with Crippen molar-refractivity contribution in [2.45, 2.75) is 50.7 Å². The molecule has 1 amide bonds. The first-order valence-electron chi connectivity index (χ1n) is 11.6. The molecule has 1 saturated carbocycles. The Labute approximate surface area is 214 Å². The van der Waals surface area contributed by atoms with Crippen molar-refractivity contribution >= 4 is 17.8 Å². The number of halogens is 6. The summed E-state index contributed by atoms with van der Waals surface area (Å²) in [4.78, 5) is 39.9. The number of nitrogens with zero attached hydrogens (tertiary/aromatic N) is 3. The van der Waals surface area contributed by atoms with Crippen molar-refractivity contribution in [3.8, 4) is 0 Å². The average Bonchev–Trinajstić information content (AvgIpc) is 3.53. The van der Waals surface area contributed by atoms with Gasteiger partial charge in [0.2, 0.25) is 0 Å². The molecule has 1 aromatic rings. The molecule has 2 N–H and O–H groups in total. The van der Waals surface area contributed by atoms with Crippen LogP contribution in [0.25, 0.3) is 0 Å². The fourth-order valence-electron chi connectivity index (χ4n) is 4.40. The number of fused-ring (bicyclic) bond motifs is 1. The zero-order valence-electron chi connectivity index (χ0n) is 20.6. The van der Waals surface area contributed by atoms with Gasteiger partial charge in [0.25, 0.3) is 5.91 Å². The highest BCUT2D eigenvalue weighted by Crippen LogP contribution is 2.36. The van der Waals surface area contributed by atoms with Crippen molar-refractivity contribution in [1.29, 1.82) is 0 Å². The lowest BCUT2D eigenvalue weighted by atomic mass is 9.88. The van der Waals surface area contributed by atoms with Crippen LogP contribution in [0.1, 0.15) is 35.4 Å². The number of carbonyl (C=O) groups excluding carboxylic acids is 1. The summed E-state index contributed by atoms with van der Waals surface area (Å²) in [6, 6.07) is 5.95. The molecular formula is C23H29F6N3O6. The maximum Gasteiger partial charge on any atom is 0.490 e. The molecule has 0 spiro atoms. The number of pyridine rings is 1. The number of rotatable bonds is 4. The van der Waals surface area contributed by atoms with Crippen LogP contribution in [-0.2, 0) is 14.3 Å². The average molecular weight is 557 g/mol. The van der Waals surface area contributed by atoms with Gasteiger partial charge in [-0.05, 0) is 44.2 Å². The molecule has 0 unspecified atom stereocenters. The molecule has 9 nitrogen and oxygen atoms in total. The smallest absolute Gasteiger partial charge is 0.475 e. The van der Waals surface area contributed by atoms with E-state index in [9.17, 15) is 31.1 Å². The highest BCUT2D eigenvalue weighted by atomic mass is 19.4. The summed E-state index contributed by atoms with van der Waals surface area (Å²) in [7, 11) is 1.81. The van der Waals surface area contributed by atoms with E-state index in [0.717, 1.165) is 37.7 Å². The molecule has 3 atom stereocenters. The van der Waals surface area contributed by atoms with Crippen LogP contribution in [0.15, 0.2) is 18.2 Å². The molecule has 0 bridgehead atoms. The van der Waals surface area contributed by atoms with Gasteiger partial charge in [0, 0.05) is 44.9 Å². The van der Waals surface area contributed by atoms with Gasteiger partial charge < -0.3 is 24.7 Å². The summed E-state index contributed by atoms with van der Waals surface area (Å²) in [5, 5.41) is 14.2. The molecule has 38 heavy (non-hydrogen) atoms. The normalized spacial score (nSPS) is 23.4. The molecule has 15 heteroatoms. The van der Waals surface area contributed by atoms with Gasteiger partial charge >= 0.3 is 24.3 Å². The predicted molar refractivity (Wildman–Crippen MR) is 119 cm³/mol. The van der Waals surface area contributed by atoms with Crippen LogP contribution in [0.4, 0.5) is 26.3 Å². The molecule has 0 radical (unpaired) electrons. The number of aliphatic carboxylic acids is 2. The molecule has 214 valence electrons. The monoisotopic (exact) mass is 557 g/mol. The van der Waals surface area contributed by atoms with Crippen LogP contribution < -0.4 is 0 Å². The molecular weight excluding hydrogens is 528 g/mol. The number of likely N-dealkylation sites (tertiary alicyclic amines) is 2. The number of methoxy groups -OCH3 is 1. The minimum absolute atomic E-state index is 0.0801. The molecule has 2 aliphatic heterocycles. The van der Waals surface area contributed by atoms with E-state index in [1.165, 1.54) is 19.4 Å². The second-order valence-electron chi connectivity index (χ2n) is 9.22. The number of aromatic nitrogens is 1. The van der Waals surface area contributed by atoms with Crippen molar-refractivity contribution in [1.82, 2.24) is 14.8 Å². The largest absolute Gasteiger partial charge is 0.490 e. The van der Waals surface area contributed by atoms with Gasteiger partial charge in [0.15, 0.2) is 0 Å². The number of piperidine rings is 1. The van der Waals surface area contributed by atoms with E-state index in [4.69, 9.17) is 24.5 Å². The number of ether oxygens (including phenoxy) is 1. The fraction of sp³-hybridized carbons (Fsp3) is 0.652. The van der Waals surface area contributed by atoms with Gasteiger partial charge in [0.05, 0.1) is 12.1 Å². The van der Waals surface area contributed by atoms with Gasteiger partial charge in [-0.15, -0.1) is 0 Å². The maximum atomic E-state index is 13.0. The van der Waals surface area contributed by atoms with E-state index >= 15 is 0 Å². The lowest BCUT2D eigenvalue weighted by Gasteiger charge is -2.41. The topological polar surface area (TPSA) is 120 Å². The quantitative estimate of drug-likeness (QED) is 0.542. The maximum absolute atomic E-state index is 13.0. The van der Waals surface area contributed by atoms with E-state index in [0.29, 0.717) is 11.6 Å². The first-order valence-corrected chi connectivity index (χ1v) is 11.6. The Kier molecular flexibility index (Phi) is 10.5. The molecule has 2 saturated heterocycles. The number of alkyl halides is 6. The Morgan fingerprint density at radius 1 is 1.00 bits per heavy atom. The minimum Gasteiger partial charge on any atom is -0.475 e. The van der Waals surface area contributed by atoms with E-state index in [1.54, 1.807) is 0 Å². The van der Waals surface area contributed by atoms with Crippen LogP contribution in [0.5, 0.6) is 0 Å². The first-order chi connectivity index (χ1) is 17.5. The molecule has 1 aliphatic carbocycles. The summed E-state index contributed by atoms with van der Waals surface area (Å²) in [6.07, 6.45) is -6.23. The molecule has 3 fully saturated rings. The zero-order valence-corrected chi connectivity index (χ0v) is 20.6. The van der Waals surface area contributed by atoms with E-state index in [2.05, 4.69) is 14.8 Å². The SMILES string of the molecule is CO[C@H]1CCN(C(=O)c2cccc(C)n2)[C@@H]2CN(CC3CC3)C[C@H]12.O=C(O)C(F)(F)F.O=C(O)C(F)(F)F. The van der Waals surface area contributed by atoms with Gasteiger partial charge in [-0.3, -0.25) is 4.79 Å². The third-order valence-electron chi connectivity index (χ3n) is 6.31. The first kappa shape index (κ1) is 31.3. The molecule has 4 rings (SSSR count). The van der Waals surface area contributed by atoms with Gasteiger partial charge in [-0.2, -0.15) is 26.3 Å². The van der Waals surface area contributed by atoms with Crippen molar-refractivity contribution in [3.63, 3.8) is 0 Å². The number of hydrogen-bond donors (Lipinski definition) is 2. The number of amides is 1. The minimum atomic E-state index is -5.08. The number of aryl methyl sites for hydroxylation is 1. The summed E-state index contributed by atoms with van der Waals surface area (Å²) in [5.41, 5.74) is 1.47. The number of carboxylic acid groups (broad SMARTS) is 2. The second kappa shape index (κ2) is 12.7. The van der Waals surface area contributed by atoms with Crippen LogP contribution in [0.3, 0.4) is 0 Å². The van der Waals surface area contributed by atoms with E-state index in [-0.39, 0.29) is 18.1 Å². The van der Waals surface area contributed by atoms with Crippen LogP contribution in [-0.4, -0.2) is 101 Å². The Bertz CT molecular complexity index is 961. The van der Waals surface area contributed by atoms with Crippen LogP contribution >= 0.6 is 0 Å². The highest BCUT2D eigenvalue weighted by Gasteiger charge is 2.47. The predicted octanol–water partition coefficient (Wildman–Crippen LogP) is 3.23. The van der Waals surface area contributed by atoms with E-state index < -0.39 is 24.3 Å². The van der Waals surface area contributed by atoms with Gasteiger partial charge in [0.1, 0.15) is 5.69 Å². The van der Waals surface area contributed by atoms with Crippen molar-refractivity contribution in [2.24, 2.45) is 11.8 Å². The number of hydrogen-bond acceptors (Lipinski definition) is 6. The van der Waals surface area contributed by atoms with Crippen molar-refractivity contribution in [2.75, 3.05) is 33.3 Å². The van der Waals surface area contributed by atoms with E-state index in [1.807, 2.05) is 32.2 Å². The summed E-state index contributed by atoms with van der Waals surface area (Å²) in [5.74, 6) is -4.12. The summed E-state index contributed by atoms with van der Waals surface area (Å²) in [6.45, 7) is 5.94. The van der Waals surface area contributed by atoms with Crippen molar-refractivity contribution in [3.05, 3.63) is 29.6 Å². The summed E-state index contributed by atoms with van der Waals surface area (Å²) >= 11 is 0. The number of carboxylic acids is 2. The summed E-state index contributed by atoms with van der Waals surface area (Å²) < 4.78 is 69.2. The molecule has 3 heterocycles. The Morgan fingerprint density at radius 3 is 2.00 bits per heavy atom. The third kappa shape index (κ3) is 9.11. The van der Waals surface area contributed by atoms with Crippen LogP contribution in [0, 0.1) is 18.8 Å².